The smallest absolute Gasteiger partial charge is 0.232 e. The van der Waals surface area contributed by atoms with Crippen LogP contribution in [0.4, 0.5) is 5.69 Å². The summed E-state index contributed by atoms with van der Waals surface area (Å²) in [6.07, 6.45) is 4.74. The standard InChI is InChI=1S/C23H26N4O/c1-26-17-19(14-25-26)21-15-24-16-22(21)23(28)27(20-10-6-3-7-11-20)13-12-18-8-4-2-5-9-18/h2-11,14,17,21-22,24H,12-13,15-16H2,1H3/t21-,22+/m1/s1. The topological polar surface area (TPSA) is 50.2 Å². The largest absolute Gasteiger partial charge is 0.315 e. The number of aromatic nitrogens is 2. The number of rotatable bonds is 6. The molecular weight excluding hydrogens is 348 g/mol. The Morgan fingerprint density at radius 3 is 2.50 bits per heavy atom. The van der Waals surface area contributed by atoms with Gasteiger partial charge in [0.1, 0.15) is 0 Å². The summed E-state index contributed by atoms with van der Waals surface area (Å²) in [4.78, 5) is 15.6. The molecule has 0 spiro atoms. The van der Waals surface area contributed by atoms with Crippen molar-refractivity contribution in [1.82, 2.24) is 15.1 Å². The SMILES string of the molecule is Cn1cc([C@H]2CNC[C@@H]2C(=O)N(CCc2ccccc2)c2ccccc2)cn1. The van der Waals surface area contributed by atoms with E-state index in [0.717, 1.165) is 24.2 Å². The fourth-order valence-corrected chi connectivity index (χ4v) is 3.98. The van der Waals surface area contributed by atoms with Crippen LogP contribution in [-0.2, 0) is 18.3 Å². The second-order valence-electron chi connectivity index (χ2n) is 7.38. The number of para-hydroxylation sites is 1. The van der Waals surface area contributed by atoms with E-state index in [0.29, 0.717) is 13.1 Å². The molecule has 2 heterocycles. The van der Waals surface area contributed by atoms with Gasteiger partial charge in [0.15, 0.2) is 0 Å². The Bertz CT molecular complexity index is 907. The van der Waals surface area contributed by atoms with Crippen LogP contribution in [0.15, 0.2) is 73.1 Å². The Morgan fingerprint density at radius 1 is 1.11 bits per heavy atom. The number of carbonyl (C=O) groups is 1. The summed E-state index contributed by atoms with van der Waals surface area (Å²) in [7, 11) is 1.92. The highest BCUT2D eigenvalue weighted by atomic mass is 16.2. The molecular formula is C23H26N4O. The third kappa shape index (κ3) is 3.99. The molecule has 1 fully saturated rings. The minimum atomic E-state index is -0.0832. The van der Waals surface area contributed by atoms with E-state index in [-0.39, 0.29) is 17.7 Å². The molecule has 5 nitrogen and oxygen atoms in total. The fourth-order valence-electron chi connectivity index (χ4n) is 3.98. The highest BCUT2D eigenvalue weighted by molar-refractivity contribution is 5.96. The van der Waals surface area contributed by atoms with Crippen LogP contribution in [0.25, 0.3) is 0 Å². The van der Waals surface area contributed by atoms with Crippen molar-refractivity contribution in [2.24, 2.45) is 13.0 Å². The first kappa shape index (κ1) is 18.4. The lowest BCUT2D eigenvalue weighted by Crippen LogP contribution is -2.40. The fraction of sp³-hybridized carbons (Fsp3) is 0.304. The maximum absolute atomic E-state index is 13.6. The van der Waals surface area contributed by atoms with Gasteiger partial charge in [-0.2, -0.15) is 5.10 Å². The minimum Gasteiger partial charge on any atom is -0.315 e. The molecule has 0 radical (unpaired) electrons. The molecule has 0 bridgehead atoms. The molecule has 1 aliphatic heterocycles. The van der Waals surface area contributed by atoms with Crippen molar-refractivity contribution in [2.75, 3.05) is 24.5 Å². The van der Waals surface area contributed by atoms with Crippen LogP contribution in [0.2, 0.25) is 0 Å². The van der Waals surface area contributed by atoms with E-state index in [2.05, 4.69) is 22.5 Å². The molecule has 4 rings (SSSR count). The average molecular weight is 374 g/mol. The molecule has 1 aliphatic rings. The van der Waals surface area contributed by atoms with Gasteiger partial charge in [0, 0.05) is 44.5 Å². The number of aryl methyl sites for hydroxylation is 1. The van der Waals surface area contributed by atoms with Crippen LogP contribution in [0.3, 0.4) is 0 Å². The lowest BCUT2D eigenvalue weighted by Gasteiger charge is -2.28. The highest BCUT2D eigenvalue weighted by Crippen LogP contribution is 2.31. The molecule has 2 aromatic carbocycles. The van der Waals surface area contributed by atoms with Crippen LogP contribution in [-0.4, -0.2) is 35.3 Å². The zero-order valence-electron chi connectivity index (χ0n) is 16.2. The quantitative estimate of drug-likeness (QED) is 0.722. The van der Waals surface area contributed by atoms with E-state index in [1.54, 1.807) is 4.68 Å². The number of benzene rings is 2. The van der Waals surface area contributed by atoms with Crippen molar-refractivity contribution in [3.8, 4) is 0 Å². The van der Waals surface area contributed by atoms with Gasteiger partial charge < -0.3 is 10.2 Å². The van der Waals surface area contributed by atoms with Gasteiger partial charge >= 0.3 is 0 Å². The molecule has 3 aromatic rings. The van der Waals surface area contributed by atoms with Gasteiger partial charge in [-0.05, 0) is 29.7 Å². The maximum Gasteiger partial charge on any atom is 0.232 e. The number of nitrogens with one attached hydrogen (secondary N) is 1. The molecule has 0 unspecified atom stereocenters. The van der Waals surface area contributed by atoms with E-state index in [4.69, 9.17) is 0 Å². The first-order valence-electron chi connectivity index (χ1n) is 9.82. The van der Waals surface area contributed by atoms with Crippen LogP contribution in [0.5, 0.6) is 0 Å². The van der Waals surface area contributed by atoms with E-state index >= 15 is 0 Å². The van der Waals surface area contributed by atoms with Gasteiger partial charge in [0.05, 0.1) is 12.1 Å². The molecule has 1 N–H and O–H groups in total. The third-order valence-electron chi connectivity index (χ3n) is 5.49. The molecule has 2 atom stereocenters. The second-order valence-corrected chi connectivity index (χ2v) is 7.38. The molecule has 1 amide bonds. The zero-order chi connectivity index (χ0) is 19.3. The Kier molecular flexibility index (Phi) is 5.53. The van der Waals surface area contributed by atoms with Crippen molar-refractivity contribution in [1.29, 1.82) is 0 Å². The van der Waals surface area contributed by atoms with Crippen LogP contribution in [0, 0.1) is 5.92 Å². The summed E-state index contributed by atoms with van der Waals surface area (Å²) in [5.41, 5.74) is 3.33. The summed E-state index contributed by atoms with van der Waals surface area (Å²) >= 11 is 0. The van der Waals surface area contributed by atoms with Gasteiger partial charge in [0.2, 0.25) is 5.91 Å². The molecule has 0 aliphatic carbocycles. The van der Waals surface area contributed by atoms with Gasteiger partial charge in [-0.3, -0.25) is 9.48 Å². The molecule has 28 heavy (non-hydrogen) atoms. The van der Waals surface area contributed by atoms with Crippen molar-refractivity contribution in [2.45, 2.75) is 12.3 Å². The number of amides is 1. The van der Waals surface area contributed by atoms with Gasteiger partial charge in [-0.1, -0.05) is 48.5 Å². The number of carbonyl (C=O) groups excluding carboxylic acids is 1. The molecule has 144 valence electrons. The Hall–Kier alpha value is -2.92. The summed E-state index contributed by atoms with van der Waals surface area (Å²) in [6.45, 7) is 2.18. The van der Waals surface area contributed by atoms with E-state index in [9.17, 15) is 4.79 Å². The van der Waals surface area contributed by atoms with Crippen molar-refractivity contribution < 1.29 is 4.79 Å². The van der Waals surface area contributed by atoms with E-state index in [1.807, 2.05) is 72.9 Å². The number of anilines is 1. The Morgan fingerprint density at radius 2 is 1.82 bits per heavy atom. The highest BCUT2D eigenvalue weighted by Gasteiger charge is 2.37. The third-order valence-corrected chi connectivity index (χ3v) is 5.49. The van der Waals surface area contributed by atoms with E-state index < -0.39 is 0 Å². The first-order valence-corrected chi connectivity index (χ1v) is 9.82. The maximum atomic E-state index is 13.6. The summed E-state index contributed by atoms with van der Waals surface area (Å²) in [5.74, 6) is 0.255. The molecule has 5 heteroatoms. The zero-order valence-corrected chi connectivity index (χ0v) is 16.2. The molecule has 0 saturated carbocycles. The average Bonchev–Trinajstić information content (AvgIpc) is 3.38. The van der Waals surface area contributed by atoms with Gasteiger partial charge in [-0.15, -0.1) is 0 Å². The summed E-state index contributed by atoms with van der Waals surface area (Å²) in [6, 6.07) is 20.3. The minimum absolute atomic E-state index is 0.0832. The van der Waals surface area contributed by atoms with Crippen LogP contribution in [0.1, 0.15) is 17.0 Å². The lowest BCUT2D eigenvalue weighted by atomic mass is 9.89. The summed E-state index contributed by atoms with van der Waals surface area (Å²) in [5, 5.41) is 7.70. The predicted octanol–water partition coefficient (Wildman–Crippen LogP) is 3.00. The number of hydrogen-bond acceptors (Lipinski definition) is 3. The Labute approximate surface area is 166 Å². The van der Waals surface area contributed by atoms with Gasteiger partial charge in [-0.25, -0.2) is 0 Å². The van der Waals surface area contributed by atoms with Crippen molar-refractivity contribution in [3.63, 3.8) is 0 Å². The molecule has 1 saturated heterocycles. The Balaban J connectivity index is 1.57. The van der Waals surface area contributed by atoms with Gasteiger partial charge in [0.25, 0.3) is 0 Å². The van der Waals surface area contributed by atoms with Crippen LogP contribution >= 0.6 is 0 Å². The van der Waals surface area contributed by atoms with Crippen LogP contribution < -0.4 is 10.2 Å². The molecule has 1 aromatic heterocycles. The normalized spacial score (nSPS) is 18.9. The summed E-state index contributed by atoms with van der Waals surface area (Å²) < 4.78 is 1.81. The second kappa shape index (κ2) is 8.40. The first-order chi connectivity index (χ1) is 13.7. The van der Waals surface area contributed by atoms with Crippen molar-refractivity contribution in [3.05, 3.63) is 84.2 Å². The number of hydrogen-bond donors (Lipinski definition) is 1. The lowest BCUT2D eigenvalue weighted by molar-refractivity contribution is -0.122. The van der Waals surface area contributed by atoms with Crippen molar-refractivity contribution >= 4 is 11.6 Å². The predicted molar refractivity (Wildman–Crippen MR) is 111 cm³/mol. The van der Waals surface area contributed by atoms with E-state index in [1.165, 1.54) is 5.56 Å². The number of nitrogens with zero attached hydrogens (tertiary/aromatic N) is 3. The monoisotopic (exact) mass is 374 g/mol.